The number of halogens is 4. The van der Waals surface area contributed by atoms with Crippen LogP contribution < -0.4 is 5.73 Å². The lowest BCUT2D eigenvalue weighted by atomic mass is 10.0. The van der Waals surface area contributed by atoms with E-state index in [1.165, 1.54) is 17.4 Å². The fourth-order valence-corrected chi connectivity index (χ4v) is 2.95. The number of thiophene rings is 1. The molecule has 1 heterocycles. The molecule has 0 saturated carbocycles. The lowest BCUT2D eigenvalue weighted by molar-refractivity contribution is -0.140. The van der Waals surface area contributed by atoms with Crippen molar-refractivity contribution >= 4 is 11.3 Å². The third-order valence-electron chi connectivity index (χ3n) is 3.15. The summed E-state index contributed by atoms with van der Waals surface area (Å²) in [6.07, 6.45) is -4.69. The van der Waals surface area contributed by atoms with E-state index in [0.717, 1.165) is 27.5 Å². The molecule has 0 aliphatic rings. The summed E-state index contributed by atoms with van der Waals surface area (Å²) in [6, 6.07) is 4.07. The maximum absolute atomic E-state index is 13.5. The summed E-state index contributed by atoms with van der Waals surface area (Å²) >= 11 is 1.46. The molecule has 0 amide bonds. The number of aryl methyl sites for hydroxylation is 2. The van der Waals surface area contributed by atoms with Crippen LogP contribution in [0.15, 0.2) is 24.3 Å². The van der Waals surface area contributed by atoms with Crippen LogP contribution in [0.3, 0.4) is 0 Å². The van der Waals surface area contributed by atoms with Crippen LogP contribution in [0, 0.1) is 19.7 Å². The minimum atomic E-state index is -4.69. The highest BCUT2D eigenvalue weighted by molar-refractivity contribution is 7.12. The minimum absolute atomic E-state index is 0.330. The molecular weight excluding hydrogens is 290 g/mol. The Morgan fingerprint density at radius 3 is 2.25 bits per heavy atom. The first-order valence-electron chi connectivity index (χ1n) is 5.89. The van der Waals surface area contributed by atoms with E-state index in [9.17, 15) is 17.6 Å². The molecule has 0 saturated heterocycles. The SMILES string of the molecule is Cc1cc(C(N)c2ccc(C(F)(F)F)c(F)c2)sc1C. The predicted molar refractivity (Wildman–Crippen MR) is 71.2 cm³/mol. The molecule has 0 aliphatic heterocycles. The summed E-state index contributed by atoms with van der Waals surface area (Å²) in [7, 11) is 0. The average Bonchev–Trinajstić information content (AvgIpc) is 2.67. The molecule has 108 valence electrons. The Kier molecular flexibility index (Phi) is 3.88. The summed E-state index contributed by atoms with van der Waals surface area (Å²) in [4.78, 5) is 1.89. The molecule has 1 aromatic carbocycles. The van der Waals surface area contributed by atoms with Gasteiger partial charge >= 0.3 is 6.18 Å². The maximum Gasteiger partial charge on any atom is 0.419 e. The Hall–Kier alpha value is -1.40. The first-order chi connectivity index (χ1) is 9.20. The smallest absolute Gasteiger partial charge is 0.320 e. The van der Waals surface area contributed by atoms with Gasteiger partial charge in [0.1, 0.15) is 5.82 Å². The molecule has 0 spiro atoms. The number of alkyl halides is 3. The largest absolute Gasteiger partial charge is 0.419 e. The van der Waals surface area contributed by atoms with E-state index < -0.39 is 23.6 Å². The van der Waals surface area contributed by atoms with Crippen LogP contribution >= 0.6 is 11.3 Å². The molecule has 1 nitrogen and oxygen atoms in total. The van der Waals surface area contributed by atoms with Crippen molar-refractivity contribution in [1.82, 2.24) is 0 Å². The van der Waals surface area contributed by atoms with Gasteiger partial charge in [0.25, 0.3) is 0 Å². The van der Waals surface area contributed by atoms with Crippen molar-refractivity contribution in [1.29, 1.82) is 0 Å². The molecule has 20 heavy (non-hydrogen) atoms. The Labute approximate surface area is 118 Å². The van der Waals surface area contributed by atoms with Crippen molar-refractivity contribution in [2.24, 2.45) is 5.73 Å². The Morgan fingerprint density at radius 2 is 1.80 bits per heavy atom. The summed E-state index contributed by atoms with van der Waals surface area (Å²) in [6.45, 7) is 3.86. The van der Waals surface area contributed by atoms with Gasteiger partial charge in [-0.25, -0.2) is 4.39 Å². The fraction of sp³-hybridized carbons (Fsp3) is 0.286. The first-order valence-corrected chi connectivity index (χ1v) is 6.71. The van der Waals surface area contributed by atoms with Crippen LogP contribution in [0.5, 0.6) is 0 Å². The van der Waals surface area contributed by atoms with Gasteiger partial charge in [0.15, 0.2) is 0 Å². The van der Waals surface area contributed by atoms with Gasteiger partial charge in [-0.1, -0.05) is 6.07 Å². The van der Waals surface area contributed by atoms with Gasteiger partial charge in [-0.15, -0.1) is 11.3 Å². The topological polar surface area (TPSA) is 26.0 Å². The van der Waals surface area contributed by atoms with Crippen molar-refractivity contribution in [3.8, 4) is 0 Å². The molecule has 0 radical (unpaired) electrons. The molecule has 0 bridgehead atoms. The molecule has 1 atom stereocenters. The minimum Gasteiger partial charge on any atom is -0.320 e. The van der Waals surface area contributed by atoms with E-state index in [2.05, 4.69) is 0 Å². The molecule has 2 rings (SSSR count). The second kappa shape index (κ2) is 5.18. The van der Waals surface area contributed by atoms with E-state index in [0.29, 0.717) is 5.56 Å². The zero-order valence-corrected chi connectivity index (χ0v) is 11.7. The predicted octanol–water partition coefficient (Wildman–Crippen LogP) is 4.57. The zero-order valence-electron chi connectivity index (χ0n) is 10.9. The second-order valence-corrected chi connectivity index (χ2v) is 5.89. The molecule has 6 heteroatoms. The maximum atomic E-state index is 13.5. The van der Waals surface area contributed by atoms with Crippen molar-refractivity contribution in [3.05, 3.63) is 56.5 Å². The summed E-state index contributed by atoms with van der Waals surface area (Å²) < 4.78 is 51.0. The average molecular weight is 303 g/mol. The Balaban J connectivity index is 2.36. The Bertz CT molecular complexity index is 611. The van der Waals surface area contributed by atoms with Crippen LogP contribution in [0.25, 0.3) is 0 Å². The number of rotatable bonds is 2. The molecule has 0 aliphatic carbocycles. The van der Waals surface area contributed by atoms with Gasteiger partial charge in [-0.3, -0.25) is 0 Å². The monoisotopic (exact) mass is 303 g/mol. The van der Waals surface area contributed by atoms with Crippen LogP contribution in [0.1, 0.15) is 32.5 Å². The van der Waals surface area contributed by atoms with Gasteiger partial charge in [-0.2, -0.15) is 13.2 Å². The van der Waals surface area contributed by atoms with E-state index in [4.69, 9.17) is 5.73 Å². The van der Waals surface area contributed by atoms with E-state index in [-0.39, 0.29) is 0 Å². The molecule has 0 fully saturated rings. The third kappa shape index (κ3) is 2.86. The van der Waals surface area contributed by atoms with Gasteiger partial charge in [0.05, 0.1) is 11.6 Å². The van der Waals surface area contributed by atoms with Crippen molar-refractivity contribution < 1.29 is 17.6 Å². The lowest BCUT2D eigenvalue weighted by Gasteiger charge is -2.13. The second-order valence-electron chi connectivity index (χ2n) is 4.60. The van der Waals surface area contributed by atoms with Crippen LogP contribution in [-0.4, -0.2) is 0 Å². The summed E-state index contributed by atoms with van der Waals surface area (Å²) in [5, 5.41) is 0. The number of hydrogen-bond acceptors (Lipinski definition) is 2. The molecule has 1 unspecified atom stereocenters. The number of hydrogen-bond donors (Lipinski definition) is 1. The van der Waals surface area contributed by atoms with Crippen LogP contribution in [-0.2, 0) is 6.18 Å². The van der Waals surface area contributed by atoms with E-state index in [1.807, 2.05) is 19.9 Å². The highest BCUT2D eigenvalue weighted by Crippen LogP contribution is 2.34. The first kappa shape index (κ1) is 15.0. The van der Waals surface area contributed by atoms with E-state index >= 15 is 0 Å². The summed E-state index contributed by atoms with van der Waals surface area (Å²) in [5.74, 6) is -1.30. The summed E-state index contributed by atoms with van der Waals surface area (Å²) in [5.41, 5.74) is 6.11. The fourth-order valence-electron chi connectivity index (χ4n) is 1.87. The van der Waals surface area contributed by atoms with Gasteiger partial charge in [-0.05, 0) is 43.2 Å². The molecule has 2 aromatic rings. The van der Waals surface area contributed by atoms with Crippen molar-refractivity contribution in [2.75, 3.05) is 0 Å². The Morgan fingerprint density at radius 1 is 1.15 bits per heavy atom. The highest BCUT2D eigenvalue weighted by atomic mass is 32.1. The molecular formula is C14H13F4NS. The molecule has 2 N–H and O–H groups in total. The van der Waals surface area contributed by atoms with Gasteiger partial charge in [0.2, 0.25) is 0 Å². The van der Waals surface area contributed by atoms with Gasteiger partial charge in [0, 0.05) is 9.75 Å². The standard InChI is InChI=1S/C14H13F4NS/c1-7-5-12(20-8(7)2)13(19)9-3-4-10(11(15)6-9)14(16,17)18/h3-6,13H,19H2,1-2H3. The zero-order chi connectivity index (χ0) is 15.1. The molecule has 1 aromatic heterocycles. The van der Waals surface area contributed by atoms with Gasteiger partial charge < -0.3 is 5.73 Å². The van der Waals surface area contributed by atoms with E-state index in [1.54, 1.807) is 0 Å². The lowest BCUT2D eigenvalue weighted by Crippen LogP contribution is -2.13. The van der Waals surface area contributed by atoms with Crippen molar-refractivity contribution in [2.45, 2.75) is 26.1 Å². The third-order valence-corrected chi connectivity index (χ3v) is 4.38. The quantitative estimate of drug-likeness (QED) is 0.808. The normalized spacial score (nSPS) is 13.6. The van der Waals surface area contributed by atoms with Crippen LogP contribution in [0.2, 0.25) is 0 Å². The number of nitrogens with two attached hydrogens (primary N) is 1. The van der Waals surface area contributed by atoms with Crippen molar-refractivity contribution in [3.63, 3.8) is 0 Å². The van der Waals surface area contributed by atoms with Crippen LogP contribution in [0.4, 0.5) is 17.6 Å². The highest BCUT2D eigenvalue weighted by Gasteiger charge is 2.34. The number of benzene rings is 1.